The Bertz CT molecular complexity index is 2180. The van der Waals surface area contributed by atoms with E-state index in [-0.39, 0.29) is 30.9 Å². The number of aromatic nitrogens is 2. The molecule has 0 fully saturated rings. The maximum atomic E-state index is 4.79. The molecule has 5 heteroatoms. The molecule has 0 N–H and O–H groups in total. The molecule has 0 atom stereocenters. The molecule has 2 nitrogen and oxygen atoms in total. The zero-order chi connectivity index (χ0) is 32.1. The van der Waals surface area contributed by atoms with E-state index in [4.69, 9.17) is 9.97 Å². The summed E-state index contributed by atoms with van der Waals surface area (Å²) >= 11 is 3.58. The van der Waals surface area contributed by atoms with Gasteiger partial charge in [0.15, 0.2) is 0 Å². The number of benzene rings is 4. The topological polar surface area (TPSA) is 25.8 Å². The van der Waals surface area contributed by atoms with Gasteiger partial charge in [-0.3, -0.25) is 9.97 Å². The second-order valence-electron chi connectivity index (χ2n) is 13.9. The summed E-state index contributed by atoms with van der Waals surface area (Å²) in [5.74, 6) is 0. The van der Waals surface area contributed by atoms with Gasteiger partial charge in [-0.25, -0.2) is 0 Å². The van der Waals surface area contributed by atoms with Crippen LogP contribution in [0.15, 0.2) is 120 Å². The van der Waals surface area contributed by atoms with Crippen molar-refractivity contribution in [1.29, 1.82) is 0 Å². The molecule has 0 bridgehead atoms. The summed E-state index contributed by atoms with van der Waals surface area (Å²) in [7, 11) is 0. The molecule has 0 amide bonds. The van der Waals surface area contributed by atoms with E-state index >= 15 is 0 Å². The average Bonchev–Trinajstić information content (AvgIpc) is 3.74. The Hall–Kier alpha value is -3.73. The number of rotatable bonds is 2. The van der Waals surface area contributed by atoms with E-state index < -0.39 is 0 Å². The molecule has 0 aliphatic carbocycles. The number of hydrogen-bond donors (Lipinski definition) is 0. The van der Waals surface area contributed by atoms with Gasteiger partial charge < -0.3 is 0 Å². The molecular formula is C42H38IrN2S2+3. The van der Waals surface area contributed by atoms with Crippen LogP contribution in [0.5, 0.6) is 0 Å². The minimum absolute atomic E-state index is 0. The molecule has 0 spiro atoms. The molecule has 0 saturated carbocycles. The first-order valence-corrected chi connectivity index (χ1v) is 17.6. The first-order valence-electron chi connectivity index (χ1n) is 15.8. The molecule has 0 saturated heterocycles. The van der Waals surface area contributed by atoms with Crippen LogP contribution in [0.2, 0.25) is 0 Å². The van der Waals surface area contributed by atoms with Gasteiger partial charge in [-0.05, 0) is 79.9 Å². The van der Waals surface area contributed by atoms with Gasteiger partial charge >= 0.3 is 20.1 Å². The van der Waals surface area contributed by atoms with E-state index in [0.29, 0.717) is 0 Å². The van der Waals surface area contributed by atoms with Gasteiger partial charge in [0.2, 0.25) is 0 Å². The van der Waals surface area contributed by atoms with Crippen LogP contribution in [0.4, 0.5) is 0 Å². The third-order valence-electron chi connectivity index (χ3n) is 8.70. The van der Waals surface area contributed by atoms with Crippen molar-refractivity contribution in [3.63, 3.8) is 0 Å². The normalized spacial score (nSPS) is 11.9. The Labute approximate surface area is 298 Å². The van der Waals surface area contributed by atoms with Crippen molar-refractivity contribution in [1.82, 2.24) is 9.97 Å². The Balaban J connectivity index is 0.000000161. The fourth-order valence-corrected chi connectivity index (χ4v) is 8.13. The van der Waals surface area contributed by atoms with Gasteiger partial charge in [0, 0.05) is 54.5 Å². The summed E-state index contributed by atoms with van der Waals surface area (Å²) in [6, 6.07) is 34.8. The molecule has 0 unspecified atom stereocenters. The summed E-state index contributed by atoms with van der Waals surface area (Å²) in [6.07, 6.45) is 3.85. The van der Waals surface area contributed by atoms with Crippen LogP contribution >= 0.6 is 22.7 Å². The number of thiophene rings is 2. The van der Waals surface area contributed by atoms with Crippen molar-refractivity contribution < 1.29 is 20.1 Å². The minimum Gasteiger partial charge on any atom is -0.256 e. The van der Waals surface area contributed by atoms with Gasteiger partial charge in [-0.2, -0.15) is 0 Å². The van der Waals surface area contributed by atoms with Crippen molar-refractivity contribution in [2.75, 3.05) is 0 Å². The quantitative estimate of drug-likeness (QED) is 0.173. The Morgan fingerprint density at radius 3 is 1.28 bits per heavy atom. The minimum atomic E-state index is 0. The Kier molecular flexibility index (Phi) is 9.21. The Morgan fingerprint density at radius 2 is 0.872 bits per heavy atom. The smallest absolute Gasteiger partial charge is 0.256 e. The predicted octanol–water partition coefficient (Wildman–Crippen LogP) is 12.8. The molecule has 8 aromatic rings. The summed E-state index contributed by atoms with van der Waals surface area (Å²) < 4.78 is 2.64. The number of nitrogens with zero attached hydrogens (tertiary/aromatic N) is 2. The summed E-state index contributed by atoms with van der Waals surface area (Å²) in [6.45, 7) is 13.6. The first kappa shape index (κ1) is 33.2. The number of hydrogen-bond acceptors (Lipinski definition) is 4. The predicted molar refractivity (Wildman–Crippen MR) is 203 cm³/mol. The average molecular weight is 827 g/mol. The van der Waals surface area contributed by atoms with E-state index in [0.717, 1.165) is 11.4 Å². The van der Waals surface area contributed by atoms with E-state index in [2.05, 4.69) is 149 Å². The summed E-state index contributed by atoms with van der Waals surface area (Å²) in [5, 5.41) is 12.0. The van der Waals surface area contributed by atoms with Crippen LogP contribution in [0.1, 0.15) is 52.7 Å². The van der Waals surface area contributed by atoms with Crippen LogP contribution in [0.25, 0.3) is 64.2 Å². The van der Waals surface area contributed by atoms with Crippen LogP contribution in [-0.2, 0) is 30.9 Å². The molecule has 234 valence electrons. The third kappa shape index (κ3) is 6.30. The maximum absolute atomic E-state index is 4.79. The van der Waals surface area contributed by atoms with E-state index in [9.17, 15) is 0 Å². The second-order valence-corrected chi connectivity index (χ2v) is 15.8. The second kappa shape index (κ2) is 13.1. The van der Waals surface area contributed by atoms with Gasteiger partial charge in [-0.15, -0.1) is 22.7 Å². The molecule has 4 aromatic carbocycles. The Morgan fingerprint density at radius 1 is 0.468 bits per heavy atom. The van der Waals surface area contributed by atoms with E-state index in [1.54, 1.807) is 22.7 Å². The third-order valence-corrected chi connectivity index (χ3v) is 10.5. The van der Waals surface area contributed by atoms with Crippen molar-refractivity contribution in [3.8, 4) is 22.5 Å². The van der Waals surface area contributed by atoms with Gasteiger partial charge in [0.1, 0.15) is 0 Å². The van der Waals surface area contributed by atoms with Crippen molar-refractivity contribution in [2.24, 2.45) is 0 Å². The fraction of sp³-hybridized carbons (Fsp3) is 0.190. The van der Waals surface area contributed by atoms with Crippen molar-refractivity contribution in [3.05, 3.63) is 131 Å². The van der Waals surface area contributed by atoms with Gasteiger partial charge in [0.25, 0.3) is 0 Å². The zero-order valence-electron chi connectivity index (χ0n) is 27.6. The first-order chi connectivity index (χ1) is 22.1. The molecule has 0 aliphatic heterocycles. The van der Waals surface area contributed by atoms with E-state index in [1.807, 2.05) is 12.4 Å². The van der Waals surface area contributed by atoms with E-state index in [1.165, 1.54) is 64.0 Å². The monoisotopic (exact) mass is 827 g/mol. The van der Waals surface area contributed by atoms with Crippen molar-refractivity contribution in [2.45, 2.75) is 52.4 Å². The van der Waals surface area contributed by atoms with Crippen LogP contribution in [-0.4, -0.2) is 9.97 Å². The van der Waals surface area contributed by atoms with Crippen LogP contribution in [0, 0.1) is 0 Å². The molecule has 8 rings (SSSR count). The van der Waals surface area contributed by atoms with Crippen LogP contribution < -0.4 is 0 Å². The molecule has 4 heterocycles. The maximum Gasteiger partial charge on any atom is 3.00 e. The molecular weight excluding hydrogens is 789 g/mol. The zero-order valence-corrected chi connectivity index (χ0v) is 31.6. The van der Waals surface area contributed by atoms with Gasteiger partial charge in [-0.1, -0.05) is 102 Å². The molecule has 47 heavy (non-hydrogen) atoms. The standard InChI is InChI=1S/2C21H19NS.Ir/c2*1-21(2,3)17-7-5-4-6-15(17)20-19-14(10-12-22-20)8-9-18-16(19)11-13-23-18;/h2*4-13H,1-3H3;/q;;+3. The van der Waals surface area contributed by atoms with Gasteiger partial charge in [0.05, 0.1) is 11.4 Å². The van der Waals surface area contributed by atoms with Crippen molar-refractivity contribution >= 4 is 64.4 Å². The summed E-state index contributed by atoms with van der Waals surface area (Å²) in [5.41, 5.74) is 7.52. The summed E-state index contributed by atoms with van der Waals surface area (Å²) in [4.78, 5) is 9.57. The number of fused-ring (bicyclic) bond motifs is 6. The molecule has 0 aliphatic rings. The fourth-order valence-electron chi connectivity index (χ4n) is 6.54. The largest absolute Gasteiger partial charge is 3.00 e. The van der Waals surface area contributed by atoms with Crippen LogP contribution in [0.3, 0.4) is 0 Å². The number of pyridine rings is 2. The molecule has 0 radical (unpaired) electrons. The molecule has 4 aromatic heterocycles. The SMILES string of the molecule is CC(C)(C)c1ccccc1-c1nccc2ccc3sccc3c12.CC(C)(C)c1ccccc1-c1nccc2ccc3sccc3c12.[Ir+3].